The second-order valence-electron chi connectivity index (χ2n) is 4.47. The van der Waals surface area contributed by atoms with Gasteiger partial charge in [-0.3, -0.25) is 0 Å². The van der Waals surface area contributed by atoms with Crippen LogP contribution in [0, 0.1) is 0 Å². The molecule has 2 rings (SSSR count). The van der Waals surface area contributed by atoms with E-state index >= 15 is 0 Å². The van der Waals surface area contributed by atoms with Gasteiger partial charge in [0.25, 0.3) is 0 Å². The molecule has 2 N–H and O–H groups in total. The van der Waals surface area contributed by atoms with Crippen LogP contribution in [0.1, 0.15) is 12.0 Å². The number of rotatable bonds is 4. The number of halogens is 1. The van der Waals surface area contributed by atoms with Gasteiger partial charge in [0.1, 0.15) is 0 Å². The minimum absolute atomic E-state index is 0.0337. The molecular weight excluding hydrogens is 288 g/mol. The fourth-order valence-corrected chi connectivity index (χ4v) is 3.95. The van der Waals surface area contributed by atoms with Gasteiger partial charge in [0.2, 0.25) is 10.0 Å². The van der Waals surface area contributed by atoms with Gasteiger partial charge in [-0.1, -0.05) is 17.7 Å². The molecule has 1 aliphatic rings. The van der Waals surface area contributed by atoms with E-state index in [0.29, 0.717) is 24.5 Å². The third-order valence-corrected chi connectivity index (χ3v) is 5.54. The zero-order valence-corrected chi connectivity index (χ0v) is 12.2. The van der Waals surface area contributed by atoms with Gasteiger partial charge < -0.3 is 10.5 Å². The van der Waals surface area contributed by atoms with Crippen LogP contribution in [0.25, 0.3) is 0 Å². The van der Waals surface area contributed by atoms with Crippen LogP contribution in [-0.2, 0) is 21.3 Å². The average molecular weight is 305 g/mol. The molecule has 1 aromatic rings. The molecule has 0 spiro atoms. The molecule has 1 fully saturated rings. The second-order valence-corrected chi connectivity index (χ2v) is 6.81. The lowest BCUT2D eigenvalue weighted by Gasteiger charge is -2.17. The molecule has 0 bridgehead atoms. The zero-order valence-electron chi connectivity index (χ0n) is 10.7. The van der Waals surface area contributed by atoms with E-state index < -0.39 is 10.0 Å². The summed E-state index contributed by atoms with van der Waals surface area (Å²) in [6.07, 6.45) is 0.679. The molecule has 0 aromatic heterocycles. The monoisotopic (exact) mass is 304 g/mol. The van der Waals surface area contributed by atoms with E-state index in [1.54, 1.807) is 19.2 Å². The van der Waals surface area contributed by atoms with Crippen molar-refractivity contribution in [2.45, 2.75) is 24.0 Å². The third kappa shape index (κ3) is 2.93. The fourth-order valence-electron chi connectivity index (χ4n) is 2.11. The van der Waals surface area contributed by atoms with E-state index in [9.17, 15) is 8.42 Å². The van der Waals surface area contributed by atoms with E-state index in [0.717, 1.165) is 5.56 Å². The summed E-state index contributed by atoms with van der Waals surface area (Å²) in [5, 5.41) is 0.381. The largest absolute Gasteiger partial charge is 0.380 e. The van der Waals surface area contributed by atoms with Crippen LogP contribution < -0.4 is 5.73 Å². The highest BCUT2D eigenvalue weighted by Crippen LogP contribution is 2.26. The summed E-state index contributed by atoms with van der Waals surface area (Å²) < 4.78 is 31.5. The first-order chi connectivity index (χ1) is 8.98. The molecule has 0 saturated carbocycles. The van der Waals surface area contributed by atoms with E-state index in [4.69, 9.17) is 22.1 Å². The Balaban J connectivity index is 2.27. The molecular formula is C12H17ClN2O3S. The topological polar surface area (TPSA) is 72.6 Å². The molecule has 1 aromatic carbocycles. The van der Waals surface area contributed by atoms with Crippen molar-refractivity contribution in [3.05, 3.63) is 28.8 Å². The molecule has 1 unspecified atom stereocenters. The molecule has 0 radical (unpaired) electrons. The molecule has 1 heterocycles. The molecule has 7 heteroatoms. The Morgan fingerprint density at radius 3 is 2.79 bits per heavy atom. The summed E-state index contributed by atoms with van der Waals surface area (Å²) in [7, 11) is -1.91. The van der Waals surface area contributed by atoms with Crippen LogP contribution in [0.15, 0.2) is 23.1 Å². The van der Waals surface area contributed by atoms with Gasteiger partial charge in [-0.2, -0.15) is 4.31 Å². The van der Waals surface area contributed by atoms with Crippen LogP contribution in [-0.4, -0.2) is 39.0 Å². The van der Waals surface area contributed by atoms with Gasteiger partial charge in [0.05, 0.1) is 11.0 Å². The number of nitrogens with zero attached hydrogens (tertiary/aromatic N) is 1. The Kier molecular flexibility index (Phi) is 4.47. The Bertz CT molecular complexity index is 562. The average Bonchev–Trinajstić information content (AvgIpc) is 2.88. The minimum Gasteiger partial charge on any atom is -0.380 e. The highest BCUT2D eigenvalue weighted by atomic mass is 35.5. The first-order valence-corrected chi connectivity index (χ1v) is 7.82. The molecule has 0 aliphatic carbocycles. The summed E-state index contributed by atoms with van der Waals surface area (Å²) in [6, 6.07) is 4.65. The van der Waals surface area contributed by atoms with Crippen molar-refractivity contribution in [1.82, 2.24) is 4.31 Å². The van der Waals surface area contributed by atoms with Crippen molar-refractivity contribution in [2.75, 3.05) is 20.2 Å². The van der Waals surface area contributed by atoms with Crippen molar-refractivity contribution >= 4 is 21.6 Å². The third-order valence-electron chi connectivity index (χ3n) is 3.32. The Hall–Kier alpha value is -0.660. The summed E-state index contributed by atoms with van der Waals surface area (Å²) in [6.45, 7) is 1.14. The van der Waals surface area contributed by atoms with Gasteiger partial charge >= 0.3 is 0 Å². The lowest BCUT2D eigenvalue weighted by atomic mass is 10.2. The molecule has 1 saturated heterocycles. The maximum absolute atomic E-state index is 12.4. The summed E-state index contributed by atoms with van der Waals surface area (Å²) >= 11 is 6.01. The summed E-state index contributed by atoms with van der Waals surface area (Å²) in [5.41, 5.74) is 6.24. The molecule has 106 valence electrons. The van der Waals surface area contributed by atoms with Gasteiger partial charge in [-0.15, -0.1) is 0 Å². The minimum atomic E-state index is -3.50. The first-order valence-electron chi connectivity index (χ1n) is 6.00. The standard InChI is InChI=1S/C12H17ClN2O3S/c1-18-10-4-5-15(8-10)19(16,17)11-3-2-9(7-14)12(13)6-11/h2-3,6,10H,4-5,7-8,14H2,1H3. The molecule has 0 amide bonds. The SMILES string of the molecule is COC1CCN(S(=O)(=O)c2ccc(CN)c(Cl)c2)C1. The number of benzene rings is 1. The second kappa shape index (κ2) is 5.76. The maximum atomic E-state index is 12.4. The van der Waals surface area contributed by atoms with E-state index in [-0.39, 0.29) is 17.5 Å². The lowest BCUT2D eigenvalue weighted by molar-refractivity contribution is 0.115. The van der Waals surface area contributed by atoms with Gasteiger partial charge in [-0.05, 0) is 24.1 Å². The quantitative estimate of drug-likeness (QED) is 0.907. The van der Waals surface area contributed by atoms with E-state index in [2.05, 4.69) is 0 Å². The molecule has 1 atom stereocenters. The predicted molar refractivity (Wildman–Crippen MR) is 73.5 cm³/mol. The van der Waals surface area contributed by atoms with Crippen molar-refractivity contribution in [2.24, 2.45) is 5.73 Å². The molecule has 5 nitrogen and oxygen atoms in total. The Morgan fingerprint density at radius 2 is 2.26 bits per heavy atom. The van der Waals surface area contributed by atoms with Gasteiger partial charge in [-0.25, -0.2) is 8.42 Å². The van der Waals surface area contributed by atoms with Gasteiger partial charge in [0.15, 0.2) is 0 Å². The predicted octanol–water partition coefficient (Wildman–Crippen LogP) is 1.21. The Labute approximate surface area is 118 Å². The Morgan fingerprint density at radius 1 is 1.53 bits per heavy atom. The highest BCUT2D eigenvalue weighted by Gasteiger charge is 2.32. The number of sulfonamides is 1. The van der Waals surface area contributed by atoms with Crippen molar-refractivity contribution < 1.29 is 13.2 Å². The zero-order chi connectivity index (χ0) is 14.0. The summed E-state index contributed by atoms with van der Waals surface area (Å²) in [4.78, 5) is 0.200. The van der Waals surface area contributed by atoms with Crippen LogP contribution in [0.5, 0.6) is 0 Å². The van der Waals surface area contributed by atoms with E-state index in [1.807, 2.05) is 0 Å². The first kappa shape index (κ1) is 14.7. The smallest absolute Gasteiger partial charge is 0.243 e. The lowest BCUT2D eigenvalue weighted by Crippen LogP contribution is -2.30. The van der Waals surface area contributed by atoms with Crippen LogP contribution in [0.2, 0.25) is 5.02 Å². The van der Waals surface area contributed by atoms with Crippen LogP contribution >= 0.6 is 11.6 Å². The van der Waals surface area contributed by atoms with Crippen molar-refractivity contribution in [1.29, 1.82) is 0 Å². The molecule has 1 aliphatic heterocycles. The normalized spacial score (nSPS) is 20.9. The maximum Gasteiger partial charge on any atom is 0.243 e. The molecule has 19 heavy (non-hydrogen) atoms. The van der Waals surface area contributed by atoms with Crippen molar-refractivity contribution in [3.63, 3.8) is 0 Å². The van der Waals surface area contributed by atoms with Gasteiger partial charge in [0, 0.05) is 31.8 Å². The number of nitrogens with two attached hydrogens (primary N) is 1. The number of hydrogen-bond acceptors (Lipinski definition) is 4. The highest BCUT2D eigenvalue weighted by molar-refractivity contribution is 7.89. The fraction of sp³-hybridized carbons (Fsp3) is 0.500. The van der Waals surface area contributed by atoms with Crippen LogP contribution in [0.3, 0.4) is 0 Å². The van der Waals surface area contributed by atoms with E-state index in [1.165, 1.54) is 10.4 Å². The number of methoxy groups -OCH3 is 1. The summed E-state index contributed by atoms with van der Waals surface area (Å²) in [5.74, 6) is 0. The number of ether oxygens (including phenoxy) is 1. The van der Waals surface area contributed by atoms with Crippen LogP contribution in [0.4, 0.5) is 0 Å². The number of hydrogen-bond donors (Lipinski definition) is 1. The van der Waals surface area contributed by atoms with Crippen molar-refractivity contribution in [3.8, 4) is 0 Å².